The average molecular weight is 322 g/mol. The van der Waals surface area contributed by atoms with Gasteiger partial charge in [0.1, 0.15) is 0 Å². The molecule has 1 aromatic heterocycles. The molecule has 0 fully saturated rings. The summed E-state index contributed by atoms with van der Waals surface area (Å²) in [6.07, 6.45) is 0.568. The molecule has 0 unspecified atom stereocenters. The van der Waals surface area contributed by atoms with Crippen LogP contribution in [-0.2, 0) is 17.1 Å². The van der Waals surface area contributed by atoms with Gasteiger partial charge in [0.15, 0.2) is 11.3 Å². The number of aromatic nitrogens is 2. The van der Waals surface area contributed by atoms with E-state index in [1.807, 2.05) is 0 Å². The Morgan fingerprint density at radius 2 is 2.05 bits per heavy atom. The highest BCUT2D eigenvalue weighted by Gasteiger charge is 2.21. The standard InChI is InChI=1S/C13H11FN4O3S/c1-16-12-11(14)8-18(13(19)17(12)2)22(20,21)10-5-3-4-9(6-10)7-15/h3-6,8H,1-2H3. The first kappa shape index (κ1) is 15.7. The van der Waals surface area contributed by atoms with Gasteiger partial charge in [-0.2, -0.15) is 9.23 Å². The first-order valence-corrected chi connectivity index (χ1v) is 7.43. The Kier molecular flexibility index (Phi) is 3.97. The zero-order chi connectivity index (χ0) is 16.5. The zero-order valence-corrected chi connectivity index (χ0v) is 12.5. The molecule has 0 aliphatic heterocycles. The van der Waals surface area contributed by atoms with Gasteiger partial charge in [-0.1, -0.05) is 6.07 Å². The molecule has 1 heterocycles. The Labute approximate surface area is 125 Å². The van der Waals surface area contributed by atoms with Gasteiger partial charge in [0.05, 0.1) is 22.7 Å². The van der Waals surface area contributed by atoms with E-state index in [-0.39, 0.29) is 19.9 Å². The summed E-state index contributed by atoms with van der Waals surface area (Å²) in [5.41, 5.74) is -1.12. The Bertz CT molecular complexity index is 1010. The number of rotatable bonds is 2. The fourth-order valence-corrected chi connectivity index (χ4v) is 3.20. The summed E-state index contributed by atoms with van der Waals surface area (Å²) in [6.45, 7) is 0. The van der Waals surface area contributed by atoms with Gasteiger partial charge in [-0.15, -0.1) is 0 Å². The molecular formula is C13H11FN4O3S. The predicted octanol–water partition coefficient (Wildman–Crippen LogP) is -0.0349. The van der Waals surface area contributed by atoms with Crippen molar-refractivity contribution in [3.63, 3.8) is 0 Å². The maximum atomic E-state index is 13.9. The molecule has 0 saturated heterocycles. The van der Waals surface area contributed by atoms with E-state index in [2.05, 4.69) is 4.99 Å². The van der Waals surface area contributed by atoms with E-state index >= 15 is 0 Å². The molecule has 0 N–H and O–H groups in total. The van der Waals surface area contributed by atoms with E-state index in [1.54, 1.807) is 6.07 Å². The molecular weight excluding hydrogens is 311 g/mol. The van der Waals surface area contributed by atoms with Crippen LogP contribution >= 0.6 is 0 Å². The second-order valence-corrected chi connectivity index (χ2v) is 6.12. The molecule has 0 radical (unpaired) electrons. The summed E-state index contributed by atoms with van der Waals surface area (Å²) in [5, 5.41) is 8.82. The SMILES string of the molecule is CN=c1c(F)cn(S(=O)(=O)c2cccc(C#N)c2)c(=O)n1C. The van der Waals surface area contributed by atoms with Crippen molar-refractivity contribution in [1.82, 2.24) is 8.54 Å². The van der Waals surface area contributed by atoms with Crippen LogP contribution in [0.4, 0.5) is 4.39 Å². The Balaban J connectivity index is 2.81. The molecule has 0 amide bonds. The molecule has 9 heteroatoms. The Hall–Kier alpha value is -2.73. The monoisotopic (exact) mass is 322 g/mol. The summed E-state index contributed by atoms with van der Waals surface area (Å²) in [4.78, 5) is 15.4. The minimum absolute atomic E-state index is 0.110. The third kappa shape index (κ3) is 2.44. The van der Waals surface area contributed by atoms with E-state index in [1.165, 1.54) is 32.3 Å². The van der Waals surface area contributed by atoms with Crippen molar-refractivity contribution in [3.8, 4) is 6.07 Å². The van der Waals surface area contributed by atoms with Gasteiger partial charge in [-0.3, -0.25) is 9.56 Å². The fourth-order valence-electron chi connectivity index (χ4n) is 1.88. The molecule has 2 rings (SSSR count). The van der Waals surface area contributed by atoms with Gasteiger partial charge in [-0.25, -0.2) is 17.6 Å². The number of nitrogens with zero attached hydrogens (tertiary/aromatic N) is 4. The molecule has 0 bridgehead atoms. The third-order valence-electron chi connectivity index (χ3n) is 2.97. The van der Waals surface area contributed by atoms with Crippen LogP contribution in [-0.4, -0.2) is 24.0 Å². The molecule has 114 valence electrons. The quantitative estimate of drug-likeness (QED) is 0.775. The van der Waals surface area contributed by atoms with Gasteiger partial charge in [-0.05, 0) is 18.2 Å². The molecule has 0 atom stereocenters. The molecule has 2 aromatic rings. The van der Waals surface area contributed by atoms with Crippen LogP contribution < -0.4 is 11.2 Å². The maximum absolute atomic E-state index is 13.9. The highest BCUT2D eigenvalue weighted by atomic mass is 32.2. The summed E-state index contributed by atoms with van der Waals surface area (Å²) in [5.74, 6) is -0.954. The summed E-state index contributed by atoms with van der Waals surface area (Å²) >= 11 is 0. The van der Waals surface area contributed by atoms with E-state index < -0.39 is 21.5 Å². The van der Waals surface area contributed by atoms with Crippen LogP contribution in [0.2, 0.25) is 0 Å². The van der Waals surface area contributed by atoms with Crippen LogP contribution in [0.3, 0.4) is 0 Å². The van der Waals surface area contributed by atoms with Crippen LogP contribution in [0.25, 0.3) is 0 Å². The molecule has 22 heavy (non-hydrogen) atoms. The fraction of sp³-hybridized carbons (Fsp3) is 0.154. The summed E-state index contributed by atoms with van der Waals surface area (Å²) < 4.78 is 39.9. The van der Waals surface area contributed by atoms with Gasteiger partial charge < -0.3 is 0 Å². The van der Waals surface area contributed by atoms with Crippen molar-refractivity contribution in [2.24, 2.45) is 12.0 Å². The van der Waals surface area contributed by atoms with E-state index in [0.29, 0.717) is 6.20 Å². The van der Waals surface area contributed by atoms with Crippen molar-refractivity contribution in [1.29, 1.82) is 5.26 Å². The van der Waals surface area contributed by atoms with Crippen molar-refractivity contribution in [2.75, 3.05) is 7.05 Å². The highest BCUT2D eigenvalue weighted by molar-refractivity contribution is 7.90. The molecule has 0 aliphatic rings. The number of benzene rings is 1. The smallest absolute Gasteiger partial charge is 0.278 e. The Morgan fingerprint density at radius 3 is 2.64 bits per heavy atom. The second-order valence-electron chi connectivity index (χ2n) is 4.31. The number of hydrogen-bond donors (Lipinski definition) is 0. The van der Waals surface area contributed by atoms with E-state index in [4.69, 9.17) is 5.26 Å². The van der Waals surface area contributed by atoms with Crippen LogP contribution in [0.1, 0.15) is 5.56 Å². The lowest BCUT2D eigenvalue weighted by molar-refractivity contribution is 0.537. The lowest BCUT2D eigenvalue weighted by atomic mass is 10.2. The second kappa shape index (κ2) is 5.57. The van der Waals surface area contributed by atoms with Gasteiger partial charge >= 0.3 is 5.69 Å². The molecule has 0 aliphatic carbocycles. The van der Waals surface area contributed by atoms with Crippen molar-refractivity contribution < 1.29 is 12.8 Å². The number of halogens is 1. The topological polar surface area (TPSA) is 97.2 Å². The number of nitriles is 1. The number of hydrogen-bond acceptors (Lipinski definition) is 5. The van der Waals surface area contributed by atoms with Crippen LogP contribution in [0.5, 0.6) is 0 Å². The molecule has 0 spiro atoms. The average Bonchev–Trinajstić information content (AvgIpc) is 2.51. The lowest BCUT2D eigenvalue weighted by Crippen LogP contribution is -2.42. The zero-order valence-electron chi connectivity index (χ0n) is 11.7. The van der Waals surface area contributed by atoms with Crippen molar-refractivity contribution in [2.45, 2.75) is 4.90 Å². The van der Waals surface area contributed by atoms with E-state index in [0.717, 1.165) is 10.6 Å². The lowest BCUT2D eigenvalue weighted by Gasteiger charge is -2.10. The van der Waals surface area contributed by atoms with Crippen molar-refractivity contribution >= 4 is 10.0 Å². The minimum atomic E-state index is -4.32. The van der Waals surface area contributed by atoms with Crippen LogP contribution in [0, 0.1) is 17.1 Å². The van der Waals surface area contributed by atoms with Crippen LogP contribution in [0.15, 0.2) is 45.1 Å². The first-order chi connectivity index (χ1) is 10.3. The normalized spacial score (nSPS) is 12.2. The first-order valence-electron chi connectivity index (χ1n) is 5.99. The highest BCUT2D eigenvalue weighted by Crippen LogP contribution is 2.13. The van der Waals surface area contributed by atoms with E-state index in [9.17, 15) is 17.6 Å². The molecule has 7 nitrogen and oxygen atoms in total. The predicted molar refractivity (Wildman–Crippen MR) is 74.9 cm³/mol. The van der Waals surface area contributed by atoms with Gasteiger partial charge in [0.2, 0.25) is 0 Å². The van der Waals surface area contributed by atoms with Crippen molar-refractivity contribution in [3.05, 3.63) is 57.8 Å². The van der Waals surface area contributed by atoms with Gasteiger partial charge in [0.25, 0.3) is 10.0 Å². The maximum Gasteiger partial charge on any atom is 0.343 e. The summed E-state index contributed by atoms with van der Waals surface area (Å²) in [6, 6.07) is 6.91. The minimum Gasteiger partial charge on any atom is -0.278 e. The van der Waals surface area contributed by atoms with Gasteiger partial charge in [0, 0.05) is 14.1 Å². The molecule has 1 aromatic carbocycles. The summed E-state index contributed by atoms with van der Waals surface area (Å²) in [7, 11) is -1.82. The molecule has 0 saturated carbocycles. The third-order valence-corrected chi connectivity index (χ3v) is 4.60. The Morgan fingerprint density at radius 1 is 1.36 bits per heavy atom. The largest absolute Gasteiger partial charge is 0.343 e.